The van der Waals surface area contributed by atoms with Crippen LogP contribution in [0.3, 0.4) is 0 Å². The first-order valence-electron chi connectivity index (χ1n) is 5.43. The van der Waals surface area contributed by atoms with E-state index in [1.165, 1.54) is 13.1 Å². The zero-order valence-electron chi connectivity index (χ0n) is 9.82. The predicted octanol–water partition coefficient (Wildman–Crippen LogP) is 3.54. The van der Waals surface area contributed by atoms with Gasteiger partial charge in [0.25, 0.3) is 0 Å². The van der Waals surface area contributed by atoms with Crippen molar-refractivity contribution in [3.63, 3.8) is 0 Å². The standard InChI is InChI=1S/C13H9ClN2O2/c1-6-3-8(7(2)17)12-9(4-6)11-13(18-12)10(14)5-15-16-11/h3-5H,1-2H3. The minimum Gasteiger partial charge on any atom is -0.452 e. The molecule has 0 bridgehead atoms. The van der Waals surface area contributed by atoms with Crippen molar-refractivity contribution in [1.82, 2.24) is 10.2 Å². The second-order valence-electron chi connectivity index (χ2n) is 4.22. The first-order chi connectivity index (χ1) is 8.58. The molecule has 3 aromatic rings. The molecule has 0 aliphatic heterocycles. The van der Waals surface area contributed by atoms with Gasteiger partial charge in [-0.25, -0.2) is 0 Å². The molecule has 0 N–H and O–H groups in total. The third-order valence-electron chi connectivity index (χ3n) is 2.83. The topological polar surface area (TPSA) is 56.0 Å². The number of carbonyl (C=O) groups is 1. The molecule has 3 rings (SSSR count). The van der Waals surface area contributed by atoms with E-state index in [-0.39, 0.29) is 5.78 Å². The molecule has 90 valence electrons. The Morgan fingerprint density at radius 1 is 1.33 bits per heavy atom. The fourth-order valence-corrected chi connectivity index (χ4v) is 2.22. The molecule has 5 heteroatoms. The number of carbonyl (C=O) groups excluding carboxylic acids is 1. The van der Waals surface area contributed by atoms with Crippen molar-refractivity contribution in [2.45, 2.75) is 13.8 Å². The molecule has 0 saturated heterocycles. The molecule has 0 unspecified atom stereocenters. The molecular weight excluding hydrogens is 252 g/mol. The molecule has 0 aliphatic rings. The molecule has 0 fully saturated rings. The first-order valence-corrected chi connectivity index (χ1v) is 5.80. The Kier molecular flexibility index (Phi) is 2.35. The summed E-state index contributed by atoms with van der Waals surface area (Å²) in [4.78, 5) is 11.6. The summed E-state index contributed by atoms with van der Waals surface area (Å²) in [5, 5.41) is 9.01. The van der Waals surface area contributed by atoms with Crippen molar-refractivity contribution in [3.05, 3.63) is 34.5 Å². The van der Waals surface area contributed by atoms with Crippen LogP contribution in [-0.4, -0.2) is 16.0 Å². The summed E-state index contributed by atoms with van der Waals surface area (Å²) in [6.07, 6.45) is 1.42. The van der Waals surface area contributed by atoms with Gasteiger partial charge in [-0.1, -0.05) is 11.6 Å². The van der Waals surface area contributed by atoms with Crippen molar-refractivity contribution in [2.75, 3.05) is 0 Å². The molecule has 2 aromatic heterocycles. The summed E-state index contributed by atoms with van der Waals surface area (Å²) in [5.74, 6) is -0.0492. The number of hydrogen-bond acceptors (Lipinski definition) is 4. The monoisotopic (exact) mass is 260 g/mol. The van der Waals surface area contributed by atoms with E-state index in [9.17, 15) is 4.79 Å². The second kappa shape index (κ2) is 3.78. The van der Waals surface area contributed by atoms with Crippen LogP contribution in [0.2, 0.25) is 5.02 Å². The summed E-state index contributed by atoms with van der Waals surface area (Å²) in [6.45, 7) is 3.43. The van der Waals surface area contributed by atoms with E-state index in [1.807, 2.05) is 13.0 Å². The van der Waals surface area contributed by atoms with E-state index in [0.29, 0.717) is 27.3 Å². The molecule has 18 heavy (non-hydrogen) atoms. The molecule has 0 amide bonds. The number of nitrogens with zero attached hydrogens (tertiary/aromatic N) is 2. The molecule has 1 aromatic carbocycles. The fraction of sp³-hybridized carbons (Fsp3) is 0.154. The Morgan fingerprint density at radius 3 is 2.83 bits per heavy atom. The average Bonchev–Trinajstić information content (AvgIpc) is 2.68. The second-order valence-corrected chi connectivity index (χ2v) is 4.62. The van der Waals surface area contributed by atoms with Gasteiger partial charge >= 0.3 is 0 Å². The van der Waals surface area contributed by atoms with Crippen LogP contribution in [0.25, 0.3) is 22.1 Å². The van der Waals surface area contributed by atoms with Gasteiger partial charge in [0, 0.05) is 5.39 Å². The third-order valence-corrected chi connectivity index (χ3v) is 3.10. The number of furan rings is 1. The highest BCUT2D eigenvalue weighted by Gasteiger charge is 2.17. The predicted molar refractivity (Wildman–Crippen MR) is 69.1 cm³/mol. The van der Waals surface area contributed by atoms with Crippen molar-refractivity contribution in [2.24, 2.45) is 0 Å². The van der Waals surface area contributed by atoms with Crippen LogP contribution in [0.4, 0.5) is 0 Å². The van der Waals surface area contributed by atoms with Gasteiger partial charge in [-0.05, 0) is 31.5 Å². The van der Waals surface area contributed by atoms with E-state index in [2.05, 4.69) is 10.2 Å². The normalized spacial score (nSPS) is 11.3. The highest BCUT2D eigenvalue weighted by atomic mass is 35.5. The minimum absolute atomic E-state index is 0.0492. The zero-order valence-corrected chi connectivity index (χ0v) is 10.6. The van der Waals surface area contributed by atoms with Crippen LogP contribution in [0.5, 0.6) is 0 Å². The van der Waals surface area contributed by atoms with E-state index in [1.54, 1.807) is 6.07 Å². The lowest BCUT2D eigenvalue weighted by Crippen LogP contribution is -1.93. The van der Waals surface area contributed by atoms with E-state index >= 15 is 0 Å². The lowest BCUT2D eigenvalue weighted by atomic mass is 10.0. The lowest BCUT2D eigenvalue weighted by Gasteiger charge is -1.99. The Labute approximate surface area is 108 Å². The molecule has 0 spiro atoms. The van der Waals surface area contributed by atoms with Gasteiger partial charge in [-0.3, -0.25) is 4.79 Å². The molecule has 0 saturated carbocycles. The molecule has 2 heterocycles. The zero-order chi connectivity index (χ0) is 12.9. The van der Waals surface area contributed by atoms with Crippen LogP contribution in [0.15, 0.2) is 22.7 Å². The summed E-state index contributed by atoms with van der Waals surface area (Å²) in [6, 6.07) is 3.72. The Morgan fingerprint density at radius 2 is 2.11 bits per heavy atom. The number of benzene rings is 1. The van der Waals surface area contributed by atoms with Crippen LogP contribution in [0.1, 0.15) is 22.8 Å². The maximum atomic E-state index is 11.6. The fourth-order valence-electron chi connectivity index (χ4n) is 2.05. The SMILES string of the molecule is CC(=O)c1cc(C)cc2c1oc1c(Cl)cnnc12. The van der Waals surface area contributed by atoms with Crippen molar-refractivity contribution < 1.29 is 9.21 Å². The number of rotatable bonds is 1. The molecule has 0 radical (unpaired) electrons. The maximum absolute atomic E-state index is 11.6. The van der Waals surface area contributed by atoms with Crippen LogP contribution in [-0.2, 0) is 0 Å². The first kappa shape index (κ1) is 11.2. The number of Topliss-reactive ketones (excluding diaryl/α,β-unsaturated/α-hetero) is 1. The van der Waals surface area contributed by atoms with Gasteiger partial charge in [0.2, 0.25) is 0 Å². The van der Waals surface area contributed by atoms with E-state index in [0.717, 1.165) is 10.9 Å². The van der Waals surface area contributed by atoms with Gasteiger partial charge in [0.15, 0.2) is 11.4 Å². The summed E-state index contributed by atoms with van der Waals surface area (Å²) in [5.41, 5.74) is 3.08. The van der Waals surface area contributed by atoms with Crippen molar-refractivity contribution in [1.29, 1.82) is 0 Å². The molecular formula is C13H9ClN2O2. The average molecular weight is 261 g/mol. The van der Waals surface area contributed by atoms with Crippen molar-refractivity contribution in [3.8, 4) is 0 Å². The maximum Gasteiger partial charge on any atom is 0.175 e. The number of aryl methyl sites for hydroxylation is 1. The van der Waals surface area contributed by atoms with Gasteiger partial charge in [-0.2, -0.15) is 5.10 Å². The van der Waals surface area contributed by atoms with E-state index < -0.39 is 0 Å². The lowest BCUT2D eigenvalue weighted by molar-refractivity contribution is 0.101. The van der Waals surface area contributed by atoms with Gasteiger partial charge in [-0.15, -0.1) is 5.10 Å². The Balaban J connectivity index is 2.57. The number of aromatic nitrogens is 2. The van der Waals surface area contributed by atoms with Crippen LogP contribution < -0.4 is 0 Å². The van der Waals surface area contributed by atoms with Crippen LogP contribution >= 0.6 is 11.6 Å². The smallest absolute Gasteiger partial charge is 0.175 e. The largest absolute Gasteiger partial charge is 0.452 e. The summed E-state index contributed by atoms with van der Waals surface area (Å²) >= 11 is 6.02. The number of fused-ring (bicyclic) bond motifs is 3. The third kappa shape index (κ3) is 1.49. The molecule has 0 aliphatic carbocycles. The minimum atomic E-state index is -0.0492. The quantitative estimate of drug-likeness (QED) is 0.628. The highest BCUT2D eigenvalue weighted by molar-refractivity contribution is 6.35. The van der Waals surface area contributed by atoms with E-state index in [4.69, 9.17) is 16.0 Å². The summed E-state index contributed by atoms with van der Waals surface area (Å²) < 4.78 is 5.68. The highest BCUT2D eigenvalue weighted by Crippen LogP contribution is 2.33. The Bertz CT molecular complexity index is 792. The van der Waals surface area contributed by atoms with Gasteiger partial charge < -0.3 is 4.42 Å². The van der Waals surface area contributed by atoms with Crippen LogP contribution in [0, 0.1) is 6.92 Å². The van der Waals surface area contributed by atoms with Gasteiger partial charge in [0.05, 0.1) is 11.8 Å². The summed E-state index contributed by atoms with van der Waals surface area (Å²) in [7, 11) is 0. The number of halogens is 1. The van der Waals surface area contributed by atoms with Gasteiger partial charge in [0.1, 0.15) is 16.1 Å². The number of ketones is 1. The van der Waals surface area contributed by atoms with Crippen molar-refractivity contribution >= 4 is 39.5 Å². The Hall–Kier alpha value is -1.94. The molecule has 0 atom stereocenters. The number of hydrogen-bond donors (Lipinski definition) is 0. The molecule has 4 nitrogen and oxygen atoms in total.